The summed E-state index contributed by atoms with van der Waals surface area (Å²) in [7, 11) is 0. The van der Waals surface area contributed by atoms with Gasteiger partial charge >= 0.3 is 6.03 Å². The molecule has 1 aromatic carbocycles. The molecule has 0 unspecified atom stereocenters. The predicted molar refractivity (Wildman–Crippen MR) is 84.5 cm³/mol. The van der Waals surface area contributed by atoms with Crippen LogP contribution in [0.2, 0.25) is 0 Å². The first-order valence-electron chi connectivity index (χ1n) is 7.68. The molecule has 5 heteroatoms. The van der Waals surface area contributed by atoms with Crippen LogP contribution in [0.3, 0.4) is 0 Å². The zero-order valence-corrected chi connectivity index (χ0v) is 12.6. The molecule has 1 heterocycles. The normalized spacial score (nSPS) is 21.2. The summed E-state index contributed by atoms with van der Waals surface area (Å²) in [6.45, 7) is 3.76. The number of aryl methyl sites for hydroxylation is 1. The summed E-state index contributed by atoms with van der Waals surface area (Å²) in [6.07, 6.45) is 4.10. The maximum Gasteiger partial charge on any atom is 0.319 e. The van der Waals surface area contributed by atoms with Crippen LogP contribution in [-0.4, -0.2) is 36.4 Å². The van der Waals surface area contributed by atoms with E-state index in [-0.39, 0.29) is 12.6 Å². The standard InChI is InChI=1S/C16H25N3O2/c1-2-3-4-13-5-7-14(8-6-13)19-15(20)18-12-16(21)9-10-17-11-16/h5-8,17,21H,2-4,9-12H2,1H3,(H2,18,19,20)/t16-/m0/s1. The second-order valence-electron chi connectivity index (χ2n) is 5.76. The van der Waals surface area contributed by atoms with Gasteiger partial charge in [0.2, 0.25) is 0 Å². The van der Waals surface area contributed by atoms with E-state index in [1.165, 1.54) is 18.4 Å². The third-order valence-corrected chi connectivity index (χ3v) is 3.83. The zero-order valence-electron chi connectivity index (χ0n) is 12.6. The summed E-state index contributed by atoms with van der Waals surface area (Å²) in [5, 5.41) is 18.7. The van der Waals surface area contributed by atoms with Crippen LogP contribution < -0.4 is 16.0 Å². The van der Waals surface area contributed by atoms with Gasteiger partial charge in [0.1, 0.15) is 0 Å². The number of unbranched alkanes of at least 4 members (excludes halogenated alkanes) is 1. The van der Waals surface area contributed by atoms with Crippen molar-refractivity contribution in [1.29, 1.82) is 0 Å². The van der Waals surface area contributed by atoms with Crippen LogP contribution in [0, 0.1) is 0 Å². The van der Waals surface area contributed by atoms with Gasteiger partial charge in [-0.15, -0.1) is 0 Å². The summed E-state index contributed by atoms with van der Waals surface area (Å²) in [4.78, 5) is 11.8. The van der Waals surface area contributed by atoms with Crippen molar-refractivity contribution in [3.63, 3.8) is 0 Å². The molecule has 21 heavy (non-hydrogen) atoms. The Morgan fingerprint density at radius 3 is 2.76 bits per heavy atom. The van der Waals surface area contributed by atoms with Gasteiger partial charge in [-0.25, -0.2) is 4.79 Å². The molecule has 2 rings (SSSR count). The molecule has 1 aliphatic heterocycles. The van der Waals surface area contributed by atoms with E-state index in [2.05, 4.69) is 22.9 Å². The lowest BCUT2D eigenvalue weighted by Crippen LogP contribution is -2.45. The second-order valence-corrected chi connectivity index (χ2v) is 5.76. The largest absolute Gasteiger partial charge is 0.387 e. The number of urea groups is 1. The summed E-state index contributed by atoms with van der Waals surface area (Å²) < 4.78 is 0. The van der Waals surface area contributed by atoms with Crippen LogP contribution >= 0.6 is 0 Å². The third-order valence-electron chi connectivity index (χ3n) is 3.83. The molecule has 1 aromatic rings. The van der Waals surface area contributed by atoms with Gasteiger partial charge in [0, 0.05) is 18.8 Å². The van der Waals surface area contributed by atoms with Gasteiger partial charge in [-0.05, 0) is 43.5 Å². The number of nitrogens with one attached hydrogen (secondary N) is 3. The molecule has 0 radical (unpaired) electrons. The molecule has 0 saturated carbocycles. The van der Waals surface area contributed by atoms with Crippen molar-refractivity contribution in [1.82, 2.24) is 10.6 Å². The predicted octanol–water partition coefficient (Wildman–Crippen LogP) is 1.88. The summed E-state index contributed by atoms with van der Waals surface area (Å²) in [5.74, 6) is 0. The number of benzene rings is 1. The fraction of sp³-hybridized carbons (Fsp3) is 0.562. The number of aliphatic hydroxyl groups is 1. The molecule has 0 aliphatic carbocycles. The minimum Gasteiger partial charge on any atom is -0.387 e. The van der Waals surface area contributed by atoms with Crippen molar-refractivity contribution in [3.8, 4) is 0 Å². The fourth-order valence-corrected chi connectivity index (χ4v) is 2.44. The topological polar surface area (TPSA) is 73.4 Å². The first-order chi connectivity index (χ1) is 10.1. The van der Waals surface area contributed by atoms with E-state index in [1.54, 1.807) is 0 Å². The van der Waals surface area contributed by atoms with E-state index >= 15 is 0 Å². The molecule has 2 amide bonds. The lowest BCUT2D eigenvalue weighted by atomic mass is 10.0. The van der Waals surface area contributed by atoms with E-state index in [0.29, 0.717) is 13.0 Å². The quantitative estimate of drug-likeness (QED) is 0.646. The van der Waals surface area contributed by atoms with E-state index in [4.69, 9.17) is 0 Å². The van der Waals surface area contributed by atoms with Gasteiger partial charge in [-0.3, -0.25) is 0 Å². The molecular weight excluding hydrogens is 266 g/mol. The van der Waals surface area contributed by atoms with Crippen molar-refractivity contribution in [2.45, 2.75) is 38.2 Å². The van der Waals surface area contributed by atoms with Crippen LogP contribution in [0.1, 0.15) is 31.7 Å². The maximum absolute atomic E-state index is 11.8. The number of anilines is 1. The van der Waals surface area contributed by atoms with Gasteiger partial charge in [0.15, 0.2) is 0 Å². The first-order valence-corrected chi connectivity index (χ1v) is 7.68. The molecule has 1 aliphatic rings. The monoisotopic (exact) mass is 291 g/mol. The van der Waals surface area contributed by atoms with E-state index in [9.17, 15) is 9.90 Å². The highest BCUT2D eigenvalue weighted by Gasteiger charge is 2.31. The number of β-amino-alcohol motifs (C(OH)–C–C–N with tert-alkyl or cyclic N) is 1. The number of hydrogen-bond acceptors (Lipinski definition) is 3. The molecule has 0 bridgehead atoms. The number of amides is 2. The summed E-state index contributed by atoms with van der Waals surface area (Å²) >= 11 is 0. The molecule has 1 saturated heterocycles. The molecule has 5 nitrogen and oxygen atoms in total. The van der Waals surface area contributed by atoms with Crippen LogP contribution in [0.4, 0.5) is 10.5 Å². The highest BCUT2D eigenvalue weighted by atomic mass is 16.3. The van der Waals surface area contributed by atoms with Crippen molar-refractivity contribution in [2.75, 3.05) is 25.0 Å². The molecule has 4 N–H and O–H groups in total. The second kappa shape index (κ2) is 7.43. The maximum atomic E-state index is 11.8. The number of carbonyl (C=O) groups is 1. The van der Waals surface area contributed by atoms with E-state index in [1.807, 2.05) is 24.3 Å². The van der Waals surface area contributed by atoms with Crippen LogP contribution in [-0.2, 0) is 6.42 Å². The molecule has 0 spiro atoms. The zero-order chi connectivity index (χ0) is 15.1. The Labute approximate surface area is 126 Å². The van der Waals surface area contributed by atoms with Gasteiger partial charge < -0.3 is 21.1 Å². The van der Waals surface area contributed by atoms with Gasteiger partial charge in [-0.1, -0.05) is 25.5 Å². The fourth-order valence-electron chi connectivity index (χ4n) is 2.44. The lowest BCUT2D eigenvalue weighted by Gasteiger charge is -2.21. The molecule has 0 aromatic heterocycles. The Morgan fingerprint density at radius 1 is 1.38 bits per heavy atom. The average Bonchev–Trinajstić information content (AvgIpc) is 2.92. The van der Waals surface area contributed by atoms with Crippen molar-refractivity contribution in [2.24, 2.45) is 0 Å². The Kier molecular flexibility index (Phi) is 5.59. The highest BCUT2D eigenvalue weighted by Crippen LogP contribution is 2.13. The summed E-state index contributed by atoms with van der Waals surface area (Å²) in [6, 6.07) is 7.63. The van der Waals surface area contributed by atoms with E-state index < -0.39 is 5.60 Å². The van der Waals surface area contributed by atoms with Crippen LogP contribution in [0.15, 0.2) is 24.3 Å². The lowest BCUT2D eigenvalue weighted by molar-refractivity contribution is 0.0640. The minimum atomic E-state index is -0.818. The Morgan fingerprint density at radius 2 is 2.14 bits per heavy atom. The summed E-state index contributed by atoms with van der Waals surface area (Å²) in [5.41, 5.74) is 1.24. The molecule has 116 valence electrons. The Balaban J connectivity index is 1.76. The van der Waals surface area contributed by atoms with Crippen molar-refractivity contribution < 1.29 is 9.90 Å². The first kappa shape index (κ1) is 15.8. The number of hydrogen-bond donors (Lipinski definition) is 4. The Bertz CT molecular complexity index is 453. The van der Waals surface area contributed by atoms with Crippen LogP contribution in [0.5, 0.6) is 0 Å². The van der Waals surface area contributed by atoms with Gasteiger partial charge in [0.05, 0.1) is 5.60 Å². The van der Waals surface area contributed by atoms with Gasteiger partial charge in [-0.2, -0.15) is 0 Å². The van der Waals surface area contributed by atoms with Crippen molar-refractivity contribution in [3.05, 3.63) is 29.8 Å². The molecular formula is C16H25N3O2. The van der Waals surface area contributed by atoms with E-state index in [0.717, 1.165) is 18.7 Å². The smallest absolute Gasteiger partial charge is 0.319 e. The minimum absolute atomic E-state index is 0.264. The van der Waals surface area contributed by atoms with Gasteiger partial charge in [0.25, 0.3) is 0 Å². The van der Waals surface area contributed by atoms with Crippen LogP contribution in [0.25, 0.3) is 0 Å². The number of carbonyl (C=O) groups excluding carboxylic acids is 1. The van der Waals surface area contributed by atoms with Crippen molar-refractivity contribution >= 4 is 11.7 Å². The highest BCUT2D eigenvalue weighted by molar-refractivity contribution is 5.89. The molecule has 1 fully saturated rings. The average molecular weight is 291 g/mol. The SMILES string of the molecule is CCCCc1ccc(NC(=O)NC[C@]2(O)CCNC2)cc1. The molecule has 1 atom stereocenters. The Hall–Kier alpha value is -1.59. The third kappa shape index (κ3) is 5.02. The number of rotatable bonds is 6.